The summed E-state index contributed by atoms with van der Waals surface area (Å²) in [6.07, 6.45) is 75.1. The van der Waals surface area contributed by atoms with Crippen molar-refractivity contribution in [3.05, 3.63) is 146 Å². The Labute approximate surface area is 417 Å². The van der Waals surface area contributed by atoms with Crippen LogP contribution >= 0.6 is 7.82 Å². The van der Waals surface area contributed by atoms with E-state index < -0.39 is 26.6 Å². The van der Waals surface area contributed by atoms with Crippen LogP contribution in [0.3, 0.4) is 0 Å². The van der Waals surface area contributed by atoms with Gasteiger partial charge in [-0.05, 0) is 109 Å². The summed E-state index contributed by atoms with van der Waals surface area (Å²) in [7, 11) is 1.20. The summed E-state index contributed by atoms with van der Waals surface area (Å²) >= 11 is 0. The highest BCUT2D eigenvalue weighted by atomic mass is 31.2. The van der Waals surface area contributed by atoms with Gasteiger partial charge in [0.05, 0.1) is 39.9 Å². The Morgan fingerprint density at radius 2 is 0.912 bits per heavy atom. The first-order valence-electron chi connectivity index (χ1n) is 26.2. The number of hydrogen-bond acceptors (Lipinski definition) is 6. The molecule has 0 saturated carbocycles. The fourth-order valence-corrected chi connectivity index (χ4v) is 7.15. The number of aliphatic hydroxyl groups excluding tert-OH is 1. The van der Waals surface area contributed by atoms with Crippen LogP contribution < -0.4 is 10.2 Å². The van der Waals surface area contributed by atoms with E-state index in [1.165, 1.54) is 19.3 Å². The Balaban J connectivity index is 4.16. The lowest BCUT2D eigenvalue weighted by molar-refractivity contribution is -0.870. The fourth-order valence-electron chi connectivity index (χ4n) is 6.43. The van der Waals surface area contributed by atoms with Gasteiger partial charge in [-0.1, -0.05) is 198 Å². The smallest absolute Gasteiger partial charge is 0.268 e. The molecule has 8 nitrogen and oxygen atoms in total. The Hall–Kier alpha value is -3.62. The van der Waals surface area contributed by atoms with Crippen LogP contribution in [0, 0.1) is 0 Å². The Bertz CT molecular complexity index is 1610. The minimum absolute atomic E-state index is 0.0180. The molecule has 0 spiro atoms. The maximum Gasteiger partial charge on any atom is 0.268 e. The third-order valence-electron chi connectivity index (χ3n) is 10.5. The van der Waals surface area contributed by atoms with Crippen molar-refractivity contribution < 1.29 is 32.9 Å². The Morgan fingerprint density at radius 3 is 1.37 bits per heavy atom. The molecule has 0 bridgehead atoms. The quantitative estimate of drug-likeness (QED) is 0.0272. The summed E-state index contributed by atoms with van der Waals surface area (Å²) in [4.78, 5) is 25.3. The van der Waals surface area contributed by atoms with Crippen LogP contribution in [0.5, 0.6) is 0 Å². The molecule has 3 atom stereocenters. The molecule has 0 aliphatic carbocycles. The number of carbonyl (C=O) groups excluding carboxylic acids is 1. The zero-order valence-corrected chi connectivity index (χ0v) is 44.4. The van der Waals surface area contributed by atoms with E-state index >= 15 is 0 Å². The molecular formula is C59H97N2O6P. The highest BCUT2D eigenvalue weighted by Crippen LogP contribution is 2.38. The van der Waals surface area contributed by atoms with E-state index in [-0.39, 0.29) is 12.5 Å². The molecule has 0 radical (unpaired) electrons. The lowest BCUT2D eigenvalue weighted by Gasteiger charge is -2.29. The molecule has 0 saturated heterocycles. The van der Waals surface area contributed by atoms with Gasteiger partial charge in [0.15, 0.2) is 0 Å². The lowest BCUT2D eigenvalue weighted by Crippen LogP contribution is -2.45. The molecule has 0 aromatic rings. The Morgan fingerprint density at radius 1 is 0.529 bits per heavy atom. The number of phosphoric acid groups is 1. The predicted octanol–water partition coefficient (Wildman–Crippen LogP) is 15.1. The van der Waals surface area contributed by atoms with E-state index in [2.05, 4.69) is 153 Å². The number of aliphatic hydroxyl groups is 1. The van der Waals surface area contributed by atoms with Gasteiger partial charge < -0.3 is 28.8 Å². The fraction of sp³-hybridized carbons (Fsp3) is 0.576. The molecule has 0 fully saturated rings. The van der Waals surface area contributed by atoms with Gasteiger partial charge in [0.25, 0.3) is 7.82 Å². The lowest BCUT2D eigenvalue weighted by atomic mass is 10.1. The second kappa shape index (κ2) is 48.4. The van der Waals surface area contributed by atoms with Crippen LogP contribution in [0.2, 0.25) is 0 Å². The topological polar surface area (TPSA) is 108 Å². The first-order chi connectivity index (χ1) is 33.0. The van der Waals surface area contributed by atoms with Crippen LogP contribution in [0.4, 0.5) is 0 Å². The van der Waals surface area contributed by atoms with Crippen molar-refractivity contribution in [2.24, 2.45) is 0 Å². The van der Waals surface area contributed by atoms with E-state index in [0.29, 0.717) is 17.4 Å². The number of carbonyl (C=O) groups is 1. The minimum Gasteiger partial charge on any atom is -0.756 e. The van der Waals surface area contributed by atoms with E-state index in [9.17, 15) is 19.4 Å². The first kappa shape index (κ1) is 64.4. The molecule has 9 heteroatoms. The number of unbranched alkanes of at least 4 members (excludes halogenated alkanes) is 10. The molecule has 68 heavy (non-hydrogen) atoms. The highest BCUT2D eigenvalue weighted by molar-refractivity contribution is 7.45. The average molecular weight is 961 g/mol. The minimum atomic E-state index is -4.61. The molecule has 0 aliphatic heterocycles. The number of quaternary nitrogens is 1. The SMILES string of the molecule is CC/C=C\C/C=C\C/C=C\C/C=C\C/C=C\C/C=C\C/C=C\C/C=C\C/C=C\C/C=C\CCCCCCCCC(=O)NC(COP(=O)([O-])OCC[N+](C)(C)C)C(O)/C=C/CC/C=C/CCCCC. The molecule has 384 valence electrons. The second-order valence-electron chi connectivity index (χ2n) is 18.1. The van der Waals surface area contributed by atoms with Gasteiger partial charge in [0.1, 0.15) is 13.2 Å². The molecule has 0 heterocycles. The number of rotatable bonds is 45. The summed E-state index contributed by atoms with van der Waals surface area (Å²) in [6.45, 7) is 4.40. The van der Waals surface area contributed by atoms with Gasteiger partial charge in [-0.3, -0.25) is 9.36 Å². The zero-order chi connectivity index (χ0) is 49.9. The van der Waals surface area contributed by atoms with Crippen molar-refractivity contribution in [1.29, 1.82) is 0 Å². The van der Waals surface area contributed by atoms with Gasteiger partial charge >= 0.3 is 0 Å². The van der Waals surface area contributed by atoms with Crippen molar-refractivity contribution in [2.45, 2.75) is 180 Å². The molecular weight excluding hydrogens is 864 g/mol. The molecule has 0 rings (SSSR count). The van der Waals surface area contributed by atoms with Crippen LogP contribution in [-0.4, -0.2) is 68.5 Å². The van der Waals surface area contributed by atoms with Gasteiger partial charge in [0, 0.05) is 6.42 Å². The molecule has 0 aromatic heterocycles. The summed E-state index contributed by atoms with van der Waals surface area (Å²) in [5.41, 5.74) is 0. The predicted molar refractivity (Wildman–Crippen MR) is 292 cm³/mol. The molecule has 2 N–H and O–H groups in total. The average Bonchev–Trinajstić information content (AvgIpc) is 3.30. The first-order valence-corrected chi connectivity index (χ1v) is 27.7. The maximum atomic E-state index is 12.9. The standard InChI is InChI=1S/C59H97N2O6P/c1-6-8-10-12-14-16-17-18-19-20-21-22-23-24-25-26-27-28-29-30-31-32-33-34-35-36-37-38-39-40-41-42-43-45-47-49-51-53-59(63)60-57(56-67-68(64,65)66-55-54-61(3,4)5)58(62)52-50-48-46-44-15-13-11-9-7-2/h8,10,14-16,18-19,21-22,24-25,27-28,30-31,33-34,36-37,39-40,44,50,52,57-58,62H,6-7,9,11-13,17,20,23,26,29,32,35,38,41-43,45-49,51,53-56H2,1-5H3,(H-,60,63,64,65)/b10-8-,16-14-,19-18-,22-21-,25-24-,28-27-,31-30-,34-33-,37-36-,40-39-,44-15+,52-50+. The summed E-state index contributed by atoms with van der Waals surface area (Å²) in [6, 6.07) is -0.920. The second-order valence-corrected chi connectivity index (χ2v) is 19.5. The van der Waals surface area contributed by atoms with Gasteiger partial charge in [0.2, 0.25) is 5.91 Å². The maximum absolute atomic E-state index is 12.9. The van der Waals surface area contributed by atoms with Crippen LogP contribution in [0.15, 0.2) is 146 Å². The van der Waals surface area contributed by atoms with Gasteiger partial charge in [-0.15, -0.1) is 0 Å². The molecule has 1 amide bonds. The van der Waals surface area contributed by atoms with Gasteiger partial charge in [-0.25, -0.2) is 0 Å². The Kier molecular flexibility index (Phi) is 45.8. The van der Waals surface area contributed by atoms with Crippen molar-refractivity contribution in [2.75, 3.05) is 40.9 Å². The van der Waals surface area contributed by atoms with Crippen molar-refractivity contribution >= 4 is 13.7 Å². The van der Waals surface area contributed by atoms with E-state index in [0.717, 1.165) is 128 Å². The largest absolute Gasteiger partial charge is 0.756 e. The van der Waals surface area contributed by atoms with Crippen molar-refractivity contribution in [1.82, 2.24) is 5.32 Å². The van der Waals surface area contributed by atoms with Crippen LogP contribution in [0.1, 0.15) is 168 Å². The normalized spacial score (nSPS) is 15.2. The number of amides is 1. The van der Waals surface area contributed by atoms with E-state index in [1.807, 2.05) is 27.2 Å². The third kappa shape index (κ3) is 50.3. The zero-order valence-electron chi connectivity index (χ0n) is 43.5. The van der Waals surface area contributed by atoms with E-state index in [4.69, 9.17) is 9.05 Å². The van der Waals surface area contributed by atoms with Crippen molar-refractivity contribution in [3.8, 4) is 0 Å². The van der Waals surface area contributed by atoms with Crippen LogP contribution in [-0.2, 0) is 18.4 Å². The number of phosphoric ester groups is 1. The number of nitrogens with one attached hydrogen (secondary N) is 1. The summed E-state index contributed by atoms with van der Waals surface area (Å²) < 4.78 is 23.1. The third-order valence-corrected chi connectivity index (χ3v) is 11.5. The molecule has 0 aliphatic rings. The summed E-state index contributed by atoms with van der Waals surface area (Å²) in [5, 5.41) is 13.7. The number of allylic oxidation sites excluding steroid dienone is 23. The highest BCUT2D eigenvalue weighted by Gasteiger charge is 2.23. The number of likely N-dealkylation sites (N-methyl/N-ethyl adjacent to an activating group) is 1. The van der Waals surface area contributed by atoms with Crippen LogP contribution in [0.25, 0.3) is 0 Å². The molecule has 0 aromatic carbocycles. The van der Waals surface area contributed by atoms with Gasteiger partial charge in [-0.2, -0.15) is 0 Å². The monoisotopic (exact) mass is 961 g/mol. The summed E-state index contributed by atoms with van der Waals surface area (Å²) in [5.74, 6) is -0.233. The number of hydrogen-bond donors (Lipinski definition) is 2. The van der Waals surface area contributed by atoms with E-state index in [1.54, 1.807) is 6.08 Å². The van der Waals surface area contributed by atoms with Crippen molar-refractivity contribution in [3.63, 3.8) is 0 Å². The number of nitrogens with zero attached hydrogens (tertiary/aromatic N) is 1. The molecule has 3 unspecified atom stereocenters.